The molecule has 0 radical (unpaired) electrons. The van der Waals surface area contributed by atoms with Gasteiger partial charge in [-0.05, 0) is 35.4 Å². The van der Waals surface area contributed by atoms with Crippen LogP contribution in [0.5, 0.6) is 11.5 Å². The molecule has 0 unspecified atom stereocenters. The van der Waals surface area contributed by atoms with Crippen molar-refractivity contribution in [3.8, 4) is 11.5 Å². The molecule has 0 aliphatic carbocycles. The highest BCUT2D eigenvalue weighted by Gasteiger charge is 1.94. The number of rotatable bonds is 6. The summed E-state index contributed by atoms with van der Waals surface area (Å²) in [6.07, 6.45) is 0. The summed E-state index contributed by atoms with van der Waals surface area (Å²) >= 11 is 0. The van der Waals surface area contributed by atoms with E-state index in [-0.39, 0.29) is 0 Å². The van der Waals surface area contributed by atoms with Crippen LogP contribution in [0.4, 0.5) is 0 Å². The Bertz CT molecular complexity index is 496. The van der Waals surface area contributed by atoms with E-state index in [4.69, 9.17) is 9.47 Å². The van der Waals surface area contributed by atoms with Crippen molar-refractivity contribution in [2.24, 2.45) is 10.2 Å². The van der Waals surface area contributed by atoms with Crippen LogP contribution in [0.3, 0.4) is 0 Å². The van der Waals surface area contributed by atoms with Crippen molar-refractivity contribution in [2.75, 3.05) is 14.2 Å². The largest absolute Gasteiger partial charge is 0.497 e. The zero-order valence-electron chi connectivity index (χ0n) is 11.7. The number of methoxy groups -OCH3 is 2. The molecule has 0 bridgehead atoms. The van der Waals surface area contributed by atoms with Gasteiger partial charge >= 0.3 is 0 Å². The molecule has 0 saturated heterocycles. The van der Waals surface area contributed by atoms with E-state index >= 15 is 0 Å². The van der Waals surface area contributed by atoms with Gasteiger partial charge in [-0.1, -0.05) is 24.3 Å². The van der Waals surface area contributed by atoms with Crippen molar-refractivity contribution in [1.82, 2.24) is 0 Å². The monoisotopic (exact) mass is 270 g/mol. The number of ether oxygens (including phenoxy) is 2. The van der Waals surface area contributed by atoms with E-state index in [2.05, 4.69) is 10.2 Å². The Kier molecular flexibility index (Phi) is 5.12. The zero-order chi connectivity index (χ0) is 14.2. The predicted molar refractivity (Wildman–Crippen MR) is 78.3 cm³/mol. The van der Waals surface area contributed by atoms with Gasteiger partial charge in [0.1, 0.15) is 11.5 Å². The molecular formula is C16H18N2O2. The first kappa shape index (κ1) is 14.1. The van der Waals surface area contributed by atoms with Crippen molar-refractivity contribution in [3.05, 3.63) is 59.7 Å². The summed E-state index contributed by atoms with van der Waals surface area (Å²) in [5, 5.41) is 8.38. The molecule has 0 N–H and O–H groups in total. The maximum absolute atomic E-state index is 5.11. The molecule has 0 amide bonds. The van der Waals surface area contributed by atoms with Crippen molar-refractivity contribution in [1.29, 1.82) is 0 Å². The summed E-state index contributed by atoms with van der Waals surface area (Å²) in [6, 6.07) is 15.7. The molecule has 104 valence electrons. The second-order valence-corrected chi connectivity index (χ2v) is 4.30. The third-order valence-electron chi connectivity index (χ3n) is 2.92. The van der Waals surface area contributed by atoms with Crippen LogP contribution in [0.25, 0.3) is 0 Å². The van der Waals surface area contributed by atoms with Gasteiger partial charge in [-0.3, -0.25) is 0 Å². The molecule has 0 heterocycles. The Morgan fingerprint density at radius 2 is 1.00 bits per heavy atom. The molecule has 4 heteroatoms. The van der Waals surface area contributed by atoms with Gasteiger partial charge in [-0.25, -0.2) is 0 Å². The van der Waals surface area contributed by atoms with Crippen LogP contribution in [-0.4, -0.2) is 14.2 Å². The van der Waals surface area contributed by atoms with E-state index < -0.39 is 0 Å². The van der Waals surface area contributed by atoms with Gasteiger partial charge in [0.05, 0.1) is 27.3 Å². The van der Waals surface area contributed by atoms with Crippen LogP contribution < -0.4 is 9.47 Å². The van der Waals surface area contributed by atoms with Crippen LogP contribution in [0.15, 0.2) is 58.8 Å². The lowest BCUT2D eigenvalue weighted by atomic mass is 10.2. The van der Waals surface area contributed by atoms with Gasteiger partial charge in [0.25, 0.3) is 0 Å². The van der Waals surface area contributed by atoms with Crippen LogP contribution >= 0.6 is 0 Å². The first-order valence-corrected chi connectivity index (χ1v) is 6.41. The van der Waals surface area contributed by atoms with Crippen LogP contribution in [0.2, 0.25) is 0 Å². The van der Waals surface area contributed by atoms with Gasteiger partial charge in [0.2, 0.25) is 0 Å². The molecule has 0 fully saturated rings. The van der Waals surface area contributed by atoms with Crippen molar-refractivity contribution >= 4 is 0 Å². The second-order valence-electron chi connectivity index (χ2n) is 4.30. The maximum atomic E-state index is 5.11. The molecule has 20 heavy (non-hydrogen) atoms. The molecule has 2 rings (SSSR count). The molecule has 0 aliphatic rings. The van der Waals surface area contributed by atoms with Crippen LogP contribution in [0.1, 0.15) is 11.1 Å². The van der Waals surface area contributed by atoms with Gasteiger partial charge in [-0.15, -0.1) is 0 Å². The smallest absolute Gasteiger partial charge is 0.118 e. The van der Waals surface area contributed by atoms with Crippen molar-refractivity contribution < 1.29 is 9.47 Å². The molecule has 0 spiro atoms. The highest BCUT2D eigenvalue weighted by molar-refractivity contribution is 5.27. The van der Waals surface area contributed by atoms with Gasteiger partial charge < -0.3 is 9.47 Å². The first-order chi connectivity index (χ1) is 9.81. The zero-order valence-corrected chi connectivity index (χ0v) is 11.7. The summed E-state index contributed by atoms with van der Waals surface area (Å²) < 4.78 is 10.2. The number of hydrogen-bond donors (Lipinski definition) is 0. The minimum atomic E-state index is 0.583. The SMILES string of the molecule is COc1ccc(CN=NCc2ccc(OC)cc2)cc1. The van der Waals surface area contributed by atoms with E-state index in [1.54, 1.807) is 14.2 Å². The molecule has 2 aromatic carbocycles. The molecular weight excluding hydrogens is 252 g/mol. The third kappa shape index (κ3) is 4.09. The van der Waals surface area contributed by atoms with E-state index in [1.165, 1.54) is 0 Å². The summed E-state index contributed by atoms with van der Waals surface area (Å²) in [5.74, 6) is 1.70. The Balaban J connectivity index is 1.83. The Labute approximate surface area is 119 Å². The number of azo groups is 1. The highest BCUT2D eigenvalue weighted by Crippen LogP contribution is 2.13. The molecule has 0 atom stereocenters. The van der Waals surface area contributed by atoms with Crippen molar-refractivity contribution in [3.63, 3.8) is 0 Å². The predicted octanol–water partition coefficient (Wildman–Crippen LogP) is 3.86. The lowest BCUT2D eigenvalue weighted by Gasteiger charge is -2.01. The van der Waals surface area contributed by atoms with Crippen molar-refractivity contribution in [2.45, 2.75) is 13.1 Å². The van der Waals surface area contributed by atoms with E-state index in [9.17, 15) is 0 Å². The Morgan fingerprint density at radius 1 is 0.650 bits per heavy atom. The molecule has 0 saturated carbocycles. The number of nitrogens with zero attached hydrogens (tertiary/aromatic N) is 2. The minimum absolute atomic E-state index is 0.583. The van der Waals surface area contributed by atoms with Gasteiger partial charge in [0, 0.05) is 0 Å². The summed E-state index contributed by atoms with van der Waals surface area (Å²) in [7, 11) is 3.31. The third-order valence-corrected chi connectivity index (χ3v) is 2.92. The fourth-order valence-corrected chi connectivity index (χ4v) is 1.73. The number of benzene rings is 2. The molecule has 4 nitrogen and oxygen atoms in total. The second kappa shape index (κ2) is 7.28. The fourth-order valence-electron chi connectivity index (χ4n) is 1.73. The quantitative estimate of drug-likeness (QED) is 0.748. The van der Waals surface area contributed by atoms with Crippen LogP contribution in [-0.2, 0) is 13.1 Å². The number of hydrogen-bond acceptors (Lipinski definition) is 4. The van der Waals surface area contributed by atoms with E-state index in [0.29, 0.717) is 13.1 Å². The van der Waals surface area contributed by atoms with Gasteiger partial charge in [0.15, 0.2) is 0 Å². The van der Waals surface area contributed by atoms with Gasteiger partial charge in [-0.2, -0.15) is 10.2 Å². The van der Waals surface area contributed by atoms with Crippen LogP contribution in [0, 0.1) is 0 Å². The summed E-state index contributed by atoms with van der Waals surface area (Å²) in [6.45, 7) is 1.17. The highest BCUT2D eigenvalue weighted by atomic mass is 16.5. The standard InChI is InChI=1S/C16H18N2O2/c1-19-15-7-3-13(4-8-15)11-17-18-12-14-5-9-16(20-2)10-6-14/h3-10H,11-12H2,1-2H3. The fraction of sp³-hybridized carbons (Fsp3) is 0.250. The summed E-state index contributed by atoms with van der Waals surface area (Å²) in [5.41, 5.74) is 2.23. The minimum Gasteiger partial charge on any atom is -0.497 e. The molecule has 0 aromatic heterocycles. The normalized spacial score (nSPS) is 10.7. The Morgan fingerprint density at radius 3 is 1.30 bits per heavy atom. The first-order valence-electron chi connectivity index (χ1n) is 6.41. The maximum Gasteiger partial charge on any atom is 0.118 e. The average molecular weight is 270 g/mol. The average Bonchev–Trinajstić information content (AvgIpc) is 2.53. The summed E-state index contributed by atoms with van der Waals surface area (Å²) in [4.78, 5) is 0. The van der Waals surface area contributed by atoms with E-state index in [0.717, 1.165) is 22.6 Å². The lowest BCUT2D eigenvalue weighted by Crippen LogP contribution is -1.86. The Hall–Kier alpha value is -2.36. The topological polar surface area (TPSA) is 43.2 Å². The van der Waals surface area contributed by atoms with E-state index in [1.807, 2.05) is 48.5 Å². The molecule has 0 aliphatic heterocycles. The lowest BCUT2D eigenvalue weighted by molar-refractivity contribution is 0.414. The molecule has 2 aromatic rings.